The third kappa shape index (κ3) is 7.37. The summed E-state index contributed by atoms with van der Waals surface area (Å²) in [6.07, 6.45) is 3.96. The van der Waals surface area contributed by atoms with Gasteiger partial charge in [0.1, 0.15) is 0 Å². The van der Waals surface area contributed by atoms with E-state index in [4.69, 9.17) is 18.9 Å². The van der Waals surface area contributed by atoms with Crippen LogP contribution in [0.3, 0.4) is 0 Å². The smallest absolute Gasteiger partial charge is 0.171 e. The monoisotopic (exact) mass is 566 g/mol. The van der Waals surface area contributed by atoms with Gasteiger partial charge in [-0.15, -0.1) is 0 Å². The molecule has 4 aliphatic heterocycles. The number of piperidine rings is 2. The van der Waals surface area contributed by atoms with Gasteiger partial charge in [0.2, 0.25) is 0 Å². The molecule has 0 bridgehead atoms. The number of halogens is 1. The fourth-order valence-electron chi connectivity index (χ4n) is 4.54. The van der Waals surface area contributed by atoms with Crippen LogP contribution in [0.15, 0.2) is 60.7 Å². The normalized spacial score (nSPS) is 22.9. The van der Waals surface area contributed by atoms with Crippen molar-refractivity contribution in [1.29, 1.82) is 0 Å². The summed E-state index contributed by atoms with van der Waals surface area (Å²) in [6.45, 7) is 7.16. The minimum atomic E-state index is -0.259. The first-order valence-electron chi connectivity index (χ1n) is 12.0. The standard InChI is InChI=1S/C13H17NO2.C7H13NO2.C6H5I/c1-2-4-12(5-3-1)14-8-6-13(7-9-14)15-10-11-16-13;1-3-8-4-2-7(1)9-5-6-10-7;7-6-4-2-1-3-5-6/h1-5H,6-11H2;8H,1-6H2;1-5H. The van der Waals surface area contributed by atoms with Crippen molar-refractivity contribution in [1.82, 2.24) is 5.32 Å². The SMILES string of the molecule is C1CC2(CCN1)OCCO2.Ic1ccccc1.c1ccc(N2CCC3(CC2)OCCO3)cc1. The lowest BCUT2D eigenvalue weighted by atomic mass is 10.0. The number of rotatable bonds is 1. The van der Waals surface area contributed by atoms with Crippen LogP contribution in [0.4, 0.5) is 5.69 Å². The first-order chi connectivity index (χ1) is 16.2. The van der Waals surface area contributed by atoms with Crippen LogP contribution in [0.5, 0.6) is 0 Å². The van der Waals surface area contributed by atoms with E-state index >= 15 is 0 Å². The largest absolute Gasteiger partial charge is 0.371 e. The van der Waals surface area contributed by atoms with Gasteiger partial charge in [-0.3, -0.25) is 0 Å². The molecular weight excluding hydrogens is 531 g/mol. The summed E-state index contributed by atoms with van der Waals surface area (Å²) in [5.41, 5.74) is 1.30. The Balaban J connectivity index is 0.000000130. The van der Waals surface area contributed by atoms with E-state index in [-0.39, 0.29) is 11.6 Å². The molecule has 4 aliphatic rings. The molecule has 4 heterocycles. The Hall–Kier alpha value is -1.23. The molecule has 4 saturated heterocycles. The topological polar surface area (TPSA) is 52.2 Å². The molecule has 33 heavy (non-hydrogen) atoms. The van der Waals surface area contributed by atoms with Gasteiger partial charge < -0.3 is 29.2 Å². The van der Waals surface area contributed by atoms with Crippen molar-refractivity contribution in [3.8, 4) is 0 Å². The van der Waals surface area contributed by atoms with E-state index in [9.17, 15) is 0 Å². The van der Waals surface area contributed by atoms with Crippen LogP contribution >= 0.6 is 22.6 Å². The van der Waals surface area contributed by atoms with Gasteiger partial charge >= 0.3 is 0 Å². The van der Waals surface area contributed by atoms with Crippen molar-refractivity contribution in [2.75, 3.05) is 57.5 Å². The zero-order chi connectivity index (χ0) is 22.8. The molecular formula is C26H35IN2O4. The number of nitrogens with one attached hydrogen (secondary N) is 1. The quantitative estimate of drug-likeness (QED) is 0.516. The lowest BCUT2D eigenvalue weighted by molar-refractivity contribution is -0.172. The molecule has 0 unspecified atom stereocenters. The average molecular weight is 566 g/mol. The minimum Gasteiger partial charge on any atom is -0.371 e. The van der Waals surface area contributed by atoms with Gasteiger partial charge in [0, 0.05) is 61.1 Å². The number of anilines is 1. The summed E-state index contributed by atoms with van der Waals surface area (Å²) in [5.74, 6) is -0.448. The second-order valence-electron chi connectivity index (χ2n) is 8.58. The number of nitrogens with zero attached hydrogens (tertiary/aromatic N) is 1. The predicted octanol–water partition coefficient (Wildman–Crippen LogP) is 4.43. The summed E-state index contributed by atoms with van der Waals surface area (Å²) < 4.78 is 23.8. The Morgan fingerprint density at radius 3 is 1.55 bits per heavy atom. The van der Waals surface area contributed by atoms with Gasteiger partial charge in [0.05, 0.1) is 26.4 Å². The van der Waals surface area contributed by atoms with Crippen LogP contribution in [0.25, 0.3) is 0 Å². The van der Waals surface area contributed by atoms with E-state index in [2.05, 4.69) is 75.3 Å². The van der Waals surface area contributed by atoms with Crippen molar-refractivity contribution in [2.45, 2.75) is 37.3 Å². The molecule has 6 nitrogen and oxygen atoms in total. The zero-order valence-corrected chi connectivity index (χ0v) is 21.4. The van der Waals surface area contributed by atoms with Crippen LogP contribution in [-0.4, -0.2) is 64.2 Å². The first-order valence-corrected chi connectivity index (χ1v) is 13.0. The summed E-state index contributed by atoms with van der Waals surface area (Å²) >= 11 is 2.28. The number of hydrogen-bond acceptors (Lipinski definition) is 6. The van der Waals surface area contributed by atoms with Crippen molar-refractivity contribution in [3.63, 3.8) is 0 Å². The highest BCUT2D eigenvalue weighted by atomic mass is 127. The molecule has 7 heteroatoms. The Labute approximate surface area is 211 Å². The van der Waals surface area contributed by atoms with Crippen molar-refractivity contribution >= 4 is 28.3 Å². The molecule has 0 saturated carbocycles. The van der Waals surface area contributed by atoms with Crippen molar-refractivity contribution < 1.29 is 18.9 Å². The van der Waals surface area contributed by atoms with Crippen LogP contribution < -0.4 is 10.2 Å². The highest BCUT2D eigenvalue weighted by molar-refractivity contribution is 14.1. The van der Waals surface area contributed by atoms with E-state index in [0.29, 0.717) is 0 Å². The fraction of sp³-hybridized carbons (Fsp3) is 0.538. The zero-order valence-electron chi connectivity index (χ0n) is 19.2. The Morgan fingerprint density at radius 1 is 0.636 bits per heavy atom. The van der Waals surface area contributed by atoms with Crippen LogP contribution in [0, 0.1) is 3.57 Å². The van der Waals surface area contributed by atoms with Crippen LogP contribution in [0.2, 0.25) is 0 Å². The van der Waals surface area contributed by atoms with Crippen molar-refractivity contribution in [2.24, 2.45) is 0 Å². The third-order valence-electron chi connectivity index (χ3n) is 6.37. The molecule has 180 valence electrons. The first kappa shape index (κ1) is 24.9. The number of hydrogen-bond donors (Lipinski definition) is 1. The molecule has 4 fully saturated rings. The molecule has 2 aromatic carbocycles. The molecule has 0 atom stereocenters. The van der Waals surface area contributed by atoms with Crippen LogP contribution in [-0.2, 0) is 18.9 Å². The maximum absolute atomic E-state index is 5.72. The Morgan fingerprint density at radius 2 is 1.09 bits per heavy atom. The maximum atomic E-state index is 5.72. The third-order valence-corrected chi connectivity index (χ3v) is 7.09. The summed E-state index contributed by atoms with van der Waals surface area (Å²) in [6, 6.07) is 20.8. The van der Waals surface area contributed by atoms with Gasteiger partial charge in [-0.2, -0.15) is 0 Å². The molecule has 0 radical (unpaired) electrons. The molecule has 2 aromatic rings. The van der Waals surface area contributed by atoms with Crippen LogP contribution in [0.1, 0.15) is 25.7 Å². The Kier molecular flexibility index (Phi) is 9.40. The van der Waals surface area contributed by atoms with Gasteiger partial charge in [-0.1, -0.05) is 36.4 Å². The van der Waals surface area contributed by atoms with E-state index in [0.717, 1.165) is 78.3 Å². The molecule has 0 aromatic heterocycles. The molecule has 2 spiro atoms. The van der Waals surface area contributed by atoms with Gasteiger partial charge in [-0.05, 0) is 46.9 Å². The maximum Gasteiger partial charge on any atom is 0.171 e. The summed E-state index contributed by atoms with van der Waals surface area (Å²) in [7, 11) is 0. The molecule has 0 aliphatic carbocycles. The van der Waals surface area contributed by atoms with Gasteiger partial charge in [0.15, 0.2) is 11.6 Å². The number of ether oxygens (including phenoxy) is 4. The molecule has 1 N–H and O–H groups in total. The van der Waals surface area contributed by atoms with E-state index in [1.807, 2.05) is 18.2 Å². The second kappa shape index (κ2) is 12.5. The predicted molar refractivity (Wildman–Crippen MR) is 138 cm³/mol. The van der Waals surface area contributed by atoms with Crippen molar-refractivity contribution in [3.05, 3.63) is 64.2 Å². The van der Waals surface area contributed by atoms with E-state index < -0.39 is 0 Å². The summed E-state index contributed by atoms with van der Waals surface area (Å²) in [5, 5.41) is 3.28. The molecule has 0 amide bonds. The average Bonchev–Trinajstić information content (AvgIpc) is 3.52. The highest BCUT2D eigenvalue weighted by Gasteiger charge is 2.40. The lowest BCUT2D eigenvalue weighted by Gasteiger charge is -2.38. The fourth-order valence-corrected chi connectivity index (χ4v) is 4.95. The van der Waals surface area contributed by atoms with Gasteiger partial charge in [-0.25, -0.2) is 0 Å². The lowest BCUT2D eigenvalue weighted by Crippen LogP contribution is -2.45. The minimum absolute atomic E-state index is 0.189. The highest BCUT2D eigenvalue weighted by Crippen LogP contribution is 2.33. The Bertz CT molecular complexity index is 794. The molecule has 6 rings (SSSR count). The van der Waals surface area contributed by atoms with E-state index in [1.165, 1.54) is 9.26 Å². The van der Waals surface area contributed by atoms with E-state index in [1.54, 1.807) is 0 Å². The number of para-hydroxylation sites is 1. The van der Waals surface area contributed by atoms with Gasteiger partial charge in [0.25, 0.3) is 0 Å². The summed E-state index contributed by atoms with van der Waals surface area (Å²) in [4.78, 5) is 2.40. The second-order valence-corrected chi connectivity index (χ2v) is 9.83. The number of benzene rings is 2.